The quantitative estimate of drug-likeness (QED) is 0.567. The van der Waals surface area contributed by atoms with Gasteiger partial charge in [0, 0.05) is 32.7 Å². The van der Waals surface area contributed by atoms with E-state index in [1.54, 1.807) is 9.80 Å². The summed E-state index contributed by atoms with van der Waals surface area (Å²) in [5, 5.41) is 3.22. The summed E-state index contributed by atoms with van der Waals surface area (Å²) < 4.78 is 5.37. The Balaban J connectivity index is 1.92. The first-order valence-corrected chi connectivity index (χ1v) is 6.59. The van der Waals surface area contributed by atoms with Crippen molar-refractivity contribution in [2.24, 2.45) is 0 Å². The molecule has 0 saturated carbocycles. The molecule has 0 aromatic rings. The van der Waals surface area contributed by atoms with E-state index in [0.717, 1.165) is 19.5 Å². The van der Waals surface area contributed by atoms with Crippen LogP contribution in [0.2, 0.25) is 0 Å². The van der Waals surface area contributed by atoms with Gasteiger partial charge in [-0.05, 0) is 19.9 Å². The Morgan fingerprint density at radius 1 is 1.11 bits per heavy atom. The second-order valence-electron chi connectivity index (χ2n) is 4.83. The summed E-state index contributed by atoms with van der Waals surface area (Å²) >= 11 is 0. The zero-order valence-corrected chi connectivity index (χ0v) is 10.9. The number of carbonyl (C=O) groups excluding carboxylic acids is 2. The average molecular weight is 255 g/mol. The summed E-state index contributed by atoms with van der Waals surface area (Å²) in [6.07, 6.45) is 0.916. The molecular weight excluding hydrogens is 234 g/mol. The number of nitrogens with zero attached hydrogens (tertiary/aromatic N) is 2. The lowest BCUT2D eigenvalue weighted by atomic mass is 10.3. The molecule has 2 fully saturated rings. The maximum Gasteiger partial charge on any atom is 0.312 e. The van der Waals surface area contributed by atoms with Gasteiger partial charge in [-0.2, -0.15) is 0 Å². The lowest BCUT2D eigenvalue weighted by Crippen LogP contribution is -2.51. The van der Waals surface area contributed by atoms with Crippen LogP contribution in [0.25, 0.3) is 0 Å². The lowest BCUT2D eigenvalue weighted by Gasteiger charge is -2.32. The Morgan fingerprint density at radius 2 is 1.89 bits per heavy atom. The van der Waals surface area contributed by atoms with Gasteiger partial charge in [0.05, 0.1) is 12.7 Å². The number of rotatable bonds is 0. The molecule has 0 aromatic carbocycles. The molecule has 0 bridgehead atoms. The van der Waals surface area contributed by atoms with Crippen LogP contribution in [0.4, 0.5) is 0 Å². The van der Waals surface area contributed by atoms with Gasteiger partial charge >= 0.3 is 11.8 Å². The number of ether oxygens (including phenoxy) is 1. The van der Waals surface area contributed by atoms with Gasteiger partial charge in [0.1, 0.15) is 0 Å². The highest BCUT2D eigenvalue weighted by atomic mass is 16.5. The summed E-state index contributed by atoms with van der Waals surface area (Å²) in [4.78, 5) is 27.5. The van der Waals surface area contributed by atoms with Crippen molar-refractivity contribution in [1.82, 2.24) is 15.1 Å². The molecule has 18 heavy (non-hydrogen) atoms. The molecule has 0 spiro atoms. The zero-order chi connectivity index (χ0) is 13.0. The highest BCUT2D eigenvalue weighted by Crippen LogP contribution is 2.07. The number of nitrogens with one attached hydrogen (secondary N) is 1. The van der Waals surface area contributed by atoms with Crippen molar-refractivity contribution < 1.29 is 14.3 Å². The molecule has 2 amide bonds. The van der Waals surface area contributed by atoms with Crippen molar-refractivity contribution in [3.8, 4) is 0 Å². The van der Waals surface area contributed by atoms with Crippen molar-refractivity contribution in [3.05, 3.63) is 0 Å². The van der Waals surface area contributed by atoms with Crippen LogP contribution in [0.15, 0.2) is 0 Å². The summed E-state index contributed by atoms with van der Waals surface area (Å²) in [6, 6.07) is 0. The minimum atomic E-state index is -0.382. The van der Waals surface area contributed by atoms with E-state index in [1.807, 2.05) is 6.92 Å². The van der Waals surface area contributed by atoms with Crippen LogP contribution < -0.4 is 5.32 Å². The SMILES string of the molecule is CC1CN(C(=O)C(=O)N2CCCNCC2)CCO1. The molecule has 2 heterocycles. The number of hydrogen-bond donors (Lipinski definition) is 1. The zero-order valence-electron chi connectivity index (χ0n) is 10.9. The molecule has 2 aliphatic heterocycles. The molecule has 1 unspecified atom stereocenters. The van der Waals surface area contributed by atoms with Gasteiger partial charge in [-0.3, -0.25) is 9.59 Å². The van der Waals surface area contributed by atoms with Gasteiger partial charge < -0.3 is 19.9 Å². The fourth-order valence-electron chi connectivity index (χ4n) is 2.32. The van der Waals surface area contributed by atoms with Gasteiger partial charge in [-0.25, -0.2) is 0 Å². The second-order valence-corrected chi connectivity index (χ2v) is 4.83. The monoisotopic (exact) mass is 255 g/mol. The molecule has 2 aliphatic rings. The molecule has 6 nitrogen and oxygen atoms in total. The van der Waals surface area contributed by atoms with Crippen molar-refractivity contribution in [2.75, 3.05) is 45.9 Å². The van der Waals surface area contributed by atoms with Crippen molar-refractivity contribution in [1.29, 1.82) is 0 Å². The Labute approximate surface area is 107 Å². The van der Waals surface area contributed by atoms with Crippen LogP contribution >= 0.6 is 0 Å². The molecule has 2 saturated heterocycles. The first-order chi connectivity index (χ1) is 8.68. The summed E-state index contributed by atoms with van der Waals surface area (Å²) in [6.45, 7) is 6.41. The van der Waals surface area contributed by atoms with Crippen LogP contribution in [-0.4, -0.2) is 73.6 Å². The molecule has 1 N–H and O–H groups in total. The molecule has 0 aliphatic carbocycles. The van der Waals surface area contributed by atoms with Crippen LogP contribution in [0, 0.1) is 0 Å². The highest BCUT2D eigenvalue weighted by molar-refractivity contribution is 6.34. The summed E-state index contributed by atoms with van der Waals surface area (Å²) in [5.41, 5.74) is 0. The molecule has 102 valence electrons. The van der Waals surface area contributed by atoms with Crippen molar-refractivity contribution in [3.63, 3.8) is 0 Å². The van der Waals surface area contributed by atoms with E-state index in [1.165, 1.54) is 0 Å². The molecule has 0 radical (unpaired) electrons. The van der Waals surface area contributed by atoms with Crippen molar-refractivity contribution >= 4 is 11.8 Å². The molecule has 6 heteroatoms. The van der Waals surface area contributed by atoms with Crippen molar-refractivity contribution in [2.45, 2.75) is 19.4 Å². The Morgan fingerprint density at radius 3 is 2.67 bits per heavy atom. The van der Waals surface area contributed by atoms with E-state index in [4.69, 9.17) is 4.74 Å². The van der Waals surface area contributed by atoms with Crippen LogP contribution in [0.5, 0.6) is 0 Å². The maximum atomic E-state index is 12.1. The number of morpholine rings is 1. The highest BCUT2D eigenvalue weighted by Gasteiger charge is 2.30. The minimum absolute atomic E-state index is 0.0151. The van der Waals surface area contributed by atoms with E-state index in [-0.39, 0.29) is 17.9 Å². The molecular formula is C12H21N3O3. The van der Waals surface area contributed by atoms with Crippen LogP contribution in [0.3, 0.4) is 0 Å². The summed E-state index contributed by atoms with van der Waals surface area (Å²) in [5.74, 6) is -0.750. The third-order valence-corrected chi connectivity index (χ3v) is 3.34. The topological polar surface area (TPSA) is 61.9 Å². The second kappa shape index (κ2) is 6.15. The smallest absolute Gasteiger partial charge is 0.312 e. The minimum Gasteiger partial charge on any atom is -0.375 e. The third kappa shape index (κ3) is 3.20. The van der Waals surface area contributed by atoms with E-state index >= 15 is 0 Å². The van der Waals surface area contributed by atoms with Gasteiger partial charge in [-0.1, -0.05) is 0 Å². The van der Waals surface area contributed by atoms with Gasteiger partial charge in [0.15, 0.2) is 0 Å². The first-order valence-electron chi connectivity index (χ1n) is 6.59. The standard InChI is InChI=1S/C12H21N3O3/c1-10-9-15(7-8-18-10)12(17)11(16)14-5-2-3-13-4-6-14/h10,13H,2-9H2,1H3. The van der Waals surface area contributed by atoms with Gasteiger partial charge in [-0.15, -0.1) is 0 Å². The van der Waals surface area contributed by atoms with Gasteiger partial charge in [0.2, 0.25) is 0 Å². The van der Waals surface area contributed by atoms with Gasteiger partial charge in [0.25, 0.3) is 0 Å². The molecule has 0 aromatic heterocycles. The molecule has 1 atom stereocenters. The fraction of sp³-hybridized carbons (Fsp3) is 0.833. The van der Waals surface area contributed by atoms with Crippen LogP contribution in [-0.2, 0) is 14.3 Å². The van der Waals surface area contributed by atoms with E-state index in [0.29, 0.717) is 32.8 Å². The van der Waals surface area contributed by atoms with E-state index in [9.17, 15) is 9.59 Å². The lowest BCUT2D eigenvalue weighted by molar-refractivity contribution is -0.155. The van der Waals surface area contributed by atoms with E-state index < -0.39 is 0 Å². The number of carbonyl (C=O) groups is 2. The Bertz CT molecular complexity index is 302. The molecule has 2 rings (SSSR count). The normalized spacial score (nSPS) is 25.7. The third-order valence-electron chi connectivity index (χ3n) is 3.34. The first kappa shape index (κ1) is 13.3. The predicted molar refractivity (Wildman–Crippen MR) is 66.1 cm³/mol. The average Bonchev–Trinajstić information content (AvgIpc) is 2.66. The van der Waals surface area contributed by atoms with E-state index in [2.05, 4.69) is 5.32 Å². The number of hydrogen-bond acceptors (Lipinski definition) is 4. The Hall–Kier alpha value is -1.14. The number of amides is 2. The predicted octanol–water partition coefficient (Wildman–Crippen LogP) is -0.944. The largest absolute Gasteiger partial charge is 0.375 e. The summed E-state index contributed by atoms with van der Waals surface area (Å²) in [7, 11) is 0. The Kier molecular flexibility index (Phi) is 4.54. The fourth-order valence-corrected chi connectivity index (χ4v) is 2.32. The maximum absolute atomic E-state index is 12.1. The van der Waals surface area contributed by atoms with Crippen LogP contribution in [0.1, 0.15) is 13.3 Å².